The van der Waals surface area contributed by atoms with E-state index in [4.69, 9.17) is 0 Å². The summed E-state index contributed by atoms with van der Waals surface area (Å²) in [5.41, 5.74) is 1.29. The lowest BCUT2D eigenvalue weighted by atomic mass is 10.3. The third-order valence-electron chi connectivity index (χ3n) is 1.21. The van der Waals surface area contributed by atoms with Gasteiger partial charge in [-0.2, -0.15) is 0 Å². The van der Waals surface area contributed by atoms with Gasteiger partial charge < -0.3 is 5.32 Å². The number of nitrogens with one attached hydrogen (secondary N) is 1. The Balaban J connectivity index is 4.39. The fourth-order valence-electron chi connectivity index (χ4n) is 0.710. The average molecular weight is 154 g/mol. The fraction of sp³-hybridized carbons (Fsp3) is 0.500. The zero-order valence-corrected chi connectivity index (χ0v) is 7.22. The van der Waals surface area contributed by atoms with Gasteiger partial charge in [-0.1, -0.05) is 0 Å². The number of rotatable bonds is 4. The Morgan fingerprint density at radius 1 is 1.64 bits per heavy atom. The first-order valence-corrected chi connectivity index (χ1v) is 3.64. The van der Waals surface area contributed by atoms with Crippen LogP contribution in [0.25, 0.3) is 0 Å². The maximum absolute atomic E-state index is 10.4. The highest BCUT2D eigenvalue weighted by atomic mass is 16.1. The van der Waals surface area contributed by atoms with Crippen molar-refractivity contribution in [3.8, 4) is 0 Å². The summed E-state index contributed by atoms with van der Waals surface area (Å²) in [6, 6.07) is 0. The van der Waals surface area contributed by atoms with E-state index in [1.165, 1.54) is 0 Å². The standard InChI is InChI=1S/C8H14N2O/c1-4-9-7(3)8(6-11)10-5-2/h5-6,9H,4H2,1-3H3/b8-7+,10-5?. The van der Waals surface area contributed by atoms with Crippen LogP contribution >= 0.6 is 0 Å². The van der Waals surface area contributed by atoms with Crippen molar-refractivity contribution in [2.24, 2.45) is 4.99 Å². The SMILES string of the molecule is CC=N/C(C=O)=C(\C)NCC. The summed E-state index contributed by atoms with van der Waals surface area (Å²) in [5, 5.41) is 3.02. The summed E-state index contributed by atoms with van der Waals surface area (Å²) in [6.07, 6.45) is 2.35. The van der Waals surface area contributed by atoms with E-state index in [-0.39, 0.29) is 0 Å². The molecule has 1 N–H and O–H groups in total. The van der Waals surface area contributed by atoms with E-state index in [2.05, 4.69) is 10.3 Å². The predicted octanol–water partition coefficient (Wildman–Crippen LogP) is 1.12. The van der Waals surface area contributed by atoms with Gasteiger partial charge in [-0.25, -0.2) is 0 Å². The van der Waals surface area contributed by atoms with E-state index < -0.39 is 0 Å². The van der Waals surface area contributed by atoms with Crippen LogP contribution < -0.4 is 5.32 Å². The molecule has 0 aromatic heterocycles. The molecule has 0 radical (unpaired) electrons. The van der Waals surface area contributed by atoms with Gasteiger partial charge >= 0.3 is 0 Å². The largest absolute Gasteiger partial charge is 0.387 e. The van der Waals surface area contributed by atoms with Crippen LogP contribution in [0.3, 0.4) is 0 Å². The molecule has 0 heterocycles. The van der Waals surface area contributed by atoms with Gasteiger partial charge in [-0.15, -0.1) is 0 Å². The monoisotopic (exact) mass is 154 g/mol. The predicted molar refractivity (Wildman–Crippen MR) is 46.6 cm³/mol. The average Bonchev–Trinajstić information content (AvgIpc) is 2.00. The molecule has 62 valence electrons. The second-order valence-electron chi connectivity index (χ2n) is 2.05. The lowest BCUT2D eigenvalue weighted by Crippen LogP contribution is -2.11. The van der Waals surface area contributed by atoms with Gasteiger partial charge in [0.1, 0.15) is 5.70 Å². The molecule has 0 saturated heterocycles. The highest BCUT2D eigenvalue weighted by Gasteiger charge is 1.95. The highest BCUT2D eigenvalue weighted by molar-refractivity contribution is 5.77. The van der Waals surface area contributed by atoms with Gasteiger partial charge in [0.15, 0.2) is 6.29 Å². The van der Waals surface area contributed by atoms with Crippen LogP contribution in [0, 0.1) is 0 Å². The van der Waals surface area contributed by atoms with Crippen molar-refractivity contribution in [2.75, 3.05) is 6.54 Å². The minimum atomic E-state index is 0.467. The number of carbonyl (C=O) groups is 1. The topological polar surface area (TPSA) is 41.5 Å². The highest BCUT2D eigenvalue weighted by Crippen LogP contribution is 1.97. The number of nitrogens with zero attached hydrogens (tertiary/aromatic N) is 1. The molecule has 0 bridgehead atoms. The van der Waals surface area contributed by atoms with Gasteiger partial charge in [0.05, 0.1) is 0 Å². The first kappa shape index (κ1) is 9.88. The summed E-state index contributed by atoms with van der Waals surface area (Å²) in [7, 11) is 0. The fourth-order valence-corrected chi connectivity index (χ4v) is 0.710. The van der Waals surface area contributed by atoms with Crippen LogP contribution in [0.15, 0.2) is 16.4 Å². The maximum atomic E-state index is 10.4. The smallest absolute Gasteiger partial charge is 0.170 e. The Hall–Kier alpha value is -1.12. The first-order chi connectivity index (χ1) is 5.26. The number of aliphatic imine (C=N–C) groups is 1. The minimum Gasteiger partial charge on any atom is -0.387 e. The number of allylic oxidation sites excluding steroid dienone is 2. The normalized spacial score (nSPS) is 13.0. The molecule has 0 fully saturated rings. The van der Waals surface area contributed by atoms with E-state index in [0.717, 1.165) is 18.5 Å². The molecule has 0 aliphatic rings. The molecule has 0 spiro atoms. The molecule has 0 unspecified atom stereocenters. The molecule has 0 saturated carbocycles. The molecule has 3 nitrogen and oxygen atoms in total. The molecule has 0 aromatic carbocycles. The van der Waals surface area contributed by atoms with Gasteiger partial charge in [-0.3, -0.25) is 9.79 Å². The van der Waals surface area contributed by atoms with Gasteiger partial charge in [-0.05, 0) is 20.8 Å². The third kappa shape index (κ3) is 3.55. The number of aldehydes is 1. The van der Waals surface area contributed by atoms with Gasteiger partial charge in [0.2, 0.25) is 0 Å². The van der Waals surface area contributed by atoms with Crippen molar-refractivity contribution < 1.29 is 4.79 Å². The molecule has 0 amide bonds. The van der Waals surface area contributed by atoms with Crippen LogP contribution in [-0.4, -0.2) is 19.0 Å². The van der Waals surface area contributed by atoms with E-state index >= 15 is 0 Å². The molecule has 0 rings (SSSR count). The van der Waals surface area contributed by atoms with Gasteiger partial charge in [0.25, 0.3) is 0 Å². The molecule has 0 aliphatic heterocycles. The van der Waals surface area contributed by atoms with Crippen molar-refractivity contribution in [3.63, 3.8) is 0 Å². The van der Waals surface area contributed by atoms with Crippen LogP contribution in [0.5, 0.6) is 0 Å². The molecule has 0 aromatic rings. The Morgan fingerprint density at radius 3 is 2.64 bits per heavy atom. The molecule has 11 heavy (non-hydrogen) atoms. The van der Waals surface area contributed by atoms with Crippen LogP contribution in [-0.2, 0) is 4.79 Å². The Kier molecular flexibility index (Phi) is 5.07. The zero-order valence-electron chi connectivity index (χ0n) is 7.22. The number of carbonyl (C=O) groups excluding carboxylic acids is 1. The lowest BCUT2D eigenvalue weighted by Gasteiger charge is -2.02. The summed E-state index contributed by atoms with van der Waals surface area (Å²) < 4.78 is 0. The van der Waals surface area contributed by atoms with Crippen LogP contribution in [0.4, 0.5) is 0 Å². The Labute approximate surface area is 67.2 Å². The van der Waals surface area contributed by atoms with Crippen molar-refractivity contribution in [2.45, 2.75) is 20.8 Å². The maximum Gasteiger partial charge on any atom is 0.170 e. The molecular formula is C8H14N2O. The van der Waals surface area contributed by atoms with Crippen molar-refractivity contribution in [3.05, 3.63) is 11.4 Å². The van der Waals surface area contributed by atoms with Crippen LogP contribution in [0.1, 0.15) is 20.8 Å². The van der Waals surface area contributed by atoms with Crippen molar-refractivity contribution in [1.82, 2.24) is 5.32 Å². The second kappa shape index (κ2) is 5.65. The van der Waals surface area contributed by atoms with Gasteiger partial charge in [0, 0.05) is 18.5 Å². The number of hydrogen-bond acceptors (Lipinski definition) is 3. The van der Waals surface area contributed by atoms with E-state index in [1.54, 1.807) is 13.1 Å². The molecular weight excluding hydrogens is 140 g/mol. The van der Waals surface area contributed by atoms with Crippen LogP contribution in [0.2, 0.25) is 0 Å². The summed E-state index contributed by atoms with van der Waals surface area (Å²) in [4.78, 5) is 14.3. The summed E-state index contributed by atoms with van der Waals surface area (Å²) >= 11 is 0. The molecule has 0 aliphatic carbocycles. The molecule has 0 atom stereocenters. The third-order valence-corrected chi connectivity index (χ3v) is 1.21. The van der Waals surface area contributed by atoms with E-state index in [0.29, 0.717) is 5.70 Å². The molecule has 3 heteroatoms. The zero-order chi connectivity index (χ0) is 8.69. The summed E-state index contributed by atoms with van der Waals surface area (Å²) in [6.45, 7) is 6.40. The van der Waals surface area contributed by atoms with E-state index in [1.807, 2.05) is 13.8 Å². The lowest BCUT2D eigenvalue weighted by molar-refractivity contribution is -0.105. The quantitative estimate of drug-likeness (QED) is 0.374. The van der Waals surface area contributed by atoms with Crippen molar-refractivity contribution in [1.29, 1.82) is 0 Å². The Bertz CT molecular complexity index is 183. The first-order valence-electron chi connectivity index (χ1n) is 3.64. The van der Waals surface area contributed by atoms with Crippen molar-refractivity contribution >= 4 is 12.5 Å². The van der Waals surface area contributed by atoms with E-state index in [9.17, 15) is 4.79 Å². The number of hydrogen-bond donors (Lipinski definition) is 1. The minimum absolute atomic E-state index is 0.467. The summed E-state index contributed by atoms with van der Waals surface area (Å²) in [5.74, 6) is 0. The Morgan fingerprint density at radius 2 is 2.27 bits per heavy atom. The second-order valence-corrected chi connectivity index (χ2v) is 2.05.